The Hall–Kier alpha value is -1.88. The minimum atomic E-state index is -0.531. The largest absolute Gasteiger partial charge is 0.438 e. The number of aromatic nitrogens is 2. The van der Waals surface area contributed by atoms with Gasteiger partial charge in [-0.15, -0.1) is 0 Å². The molecule has 0 amide bonds. The fourth-order valence-electron chi connectivity index (χ4n) is 1.60. The molecule has 1 N–H and O–H groups in total. The monoisotopic (exact) mass is 281 g/mol. The lowest BCUT2D eigenvalue weighted by atomic mass is 10.3. The van der Waals surface area contributed by atoms with Crippen molar-refractivity contribution in [2.75, 3.05) is 12.4 Å². The fraction of sp³-hybridized carbons (Fsp3) is 0.231. The molecular weight excluding hydrogens is 269 g/mol. The summed E-state index contributed by atoms with van der Waals surface area (Å²) in [7, 11) is 1.76. The van der Waals surface area contributed by atoms with E-state index in [1.54, 1.807) is 20.0 Å². The molecule has 0 bridgehead atoms. The summed E-state index contributed by atoms with van der Waals surface area (Å²) < 4.78 is 18.9. The first-order chi connectivity index (χ1) is 9.01. The number of benzene rings is 1. The molecule has 1 heterocycles. The third-order valence-electron chi connectivity index (χ3n) is 2.56. The topological polar surface area (TPSA) is 47.0 Å². The molecule has 6 heteroatoms. The van der Waals surface area contributed by atoms with Crippen LogP contribution in [0.5, 0.6) is 11.6 Å². The zero-order chi connectivity index (χ0) is 14.0. The summed E-state index contributed by atoms with van der Waals surface area (Å²) in [5.74, 6) is 1.44. The van der Waals surface area contributed by atoms with Crippen LogP contribution in [0.4, 0.5) is 10.2 Å². The second kappa shape index (κ2) is 5.40. The maximum absolute atomic E-state index is 13.4. The summed E-state index contributed by atoms with van der Waals surface area (Å²) >= 11 is 5.62. The third-order valence-corrected chi connectivity index (χ3v) is 2.86. The Bertz CT molecular complexity index is 619. The van der Waals surface area contributed by atoms with Crippen molar-refractivity contribution in [1.82, 2.24) is 9.97 Å². The van der Waals surface area contributed by atoms with Gasteiger partial charge in [-0.1, -0.05) is 11.6 Å². The zero-order valence-electron chi connectivity index (χ0n) is 10.8. The van der Waals surface area contributed by atoms with Crippen LogP contribution in [0.25, 0.3) is 0 Å². The highest BCUT2D eigenvalue weighted by Gasteiger charge is 2.11. The van der Waals surface area contributed by atoms with Crippen LogP contribution in [-0.2, 0) is 0 Å². The molecule has 0 aliphatic heterocycles. The molecule has 0 unspecified atom stereocenters. The summed E-state index contributed by atoms with van der Waals surface area (Å²) in [4.78, 5) is 8.43. The van der Waals surface area contributed by atoms with Gasteiger partial charge in [0.05, 0.1) is 10.6 Å². The fourth-order valence-corrected chi connectivity index (χ4v) is 1.72. The second-order valence-corrected chi connectivity index (χ2v) is 4.38. The number of nitrogens with zero attached hydrogens (tertiary/aromatic N) is 2. The van der Waals surface area contributed by atoms with Crippen LogP contribution in [0, 0.1) is 19.7 Å². The van der Waals surface area contributed by atoms with Crippen LogP contribution in [0.15, 0.2) is 18.2 Å². The van der Waals surface area contributed by atoms with Gasteiger partial charge >= 0.3 is 0 Å². The van der Waals surface area contributed by atoms with Crippen LogP contribution in [0.2, 0.25) is 5.02 Å². The number of nitrogens with one attached hydrogen (secondary N) is 1. The van der Waals surface area contributed by atoms with E-state index in [2.05, 4.69) is 15.3 Å². The van der Waals surface area contributed by atoms with Gasteiger partial charge < -0.3 is 10.1 Å². The Kier molecular flexibility index (Phi) is 3.85. The number of ether oxygens (including phenoxy) is 1. The van der Waals surface area contributed by atoms with Gasteiger partial charge in [0.2, 0.25) is 5.88 Å². The van der Waals surface area contributed by atoms with Crippen LogP contribution < -0.4 is 10.1 Å². The first-order valence-electron chi connectivity index (χ1n) is 5.67. The summed E-state index contributed by atoms with van der Waals surface area (Å²) in [6, 6.07) is 4.24. The molecule has 0 aliphatic rings. The molecule has 0 aliphatic carbocycles. The van der Waals surface area contributed by atoms with Crippen molar-refractivity contribution in [2.45, 2.75) is 13.8 Å². The molecular formula is C13H13ClFN3O. The minimum Gasteiger partial charge on any atom is -0.438 e. The van der Waals surface area contributed by atoms with Gasteiger partial charge in [0.25, 0.3) is 0 Å². The summed E-state index contributed by atoms with van der Waals surface area (Å²) in [5, 5.41) is 3.01. The molecule has 2 aromatic rings. The quantitative estimate of drug-likeness (QED) is 0.931. The van der Waals surface area contributed by atoms with Crippen LogP contribution in [-0.4, -0.2) is 17.0 Å². The number of anilines is 1. The molecule has 19 heavy (non-hydrogen) atoms. The Morgan fingerprint density at radius 2 is 2.00 bits per heavy atom. The standard InChI is InChI=1S/C13H13ClFN3O/c1-7-12(16-3)17-8(2)18-13(7)19-9-4-5-10(14)11(15)6-9/h4-6H,1-3H3,(H,16,17,18). The van der Waals surface area contributed by atoms with Crippen molar-refractivity contribution in [3.8, 4) is 11.6 Å². The molecule has 0 fully saturated rings. The van der Waals surface area contributed by atoms with Crippen LogP contribution in [0.1, 0.15) is 11.4 Å². The number of hydrogen-bond acceptors (Lipinski definition) is 4. The minimum absolute atomic E-state index is 0.0545. The van der Waals surface area contributed by atoms with Crippen molar-refractivity contribution in [3.63, 3.8) is 0 Å². The number of halogens is 2. The van der Waals surface area contributed by atoms with Crippen molar-refractivity contribution in [2.24, 2.45) is 0 Å². The van der Waals surface area contributed by atoms with E-state index in [4.69, 9.17) is 16.3 Å². The van der Waals surface area contributed by atoms with E-state index in [-0.39, 0.29) is 5.02 Å². The average molecular weight is 282 g/mol. The molecule has 2 rings (SSSR count). The number of aryl methyl sites for hydroxylation is 1. The van der Waals surface area contributed by atoms with Crippen LogP contribution >= 0.6 is 11.6 Å². The third kappa shape index (κ3) is 2.93. The molecule has 1 aromatic heterocycles. The van der Waals surface area contributed by atoms with E-state index in [1.165, 1.54) is 12.1 Å². The molecule has 0 radical (unpaired) electrons. The van der Waals surface area contributed by atoms with E-state index >= 15 is 0 Å². The first-order valence-corrected chi connectivity index (χ1v) is 6.05. The Morgan fingerprint density at radius 3 is 2.63 bits per heavy atom. The van der Waals surface area contributed by atoms with Crippen molar-refractivity contribution in [1.29, 1.82) is 0 Å². The molecule has 4 nitrogen and oxygen atoms in total. The number of hydrogen-bond donors (Lipinski definition) is 1. The van der Waals surface area contributed by atoms with Gasteiger partial charge in [-0.2, -0.15) is 4.98 Å². The summed E-state index contributed by atoms with van der Waals surface area (Å²) in [6.45, 7) is 3.59. The lowest BCUT2D eigenvalue weighted by Gasteiger charge is -2.11. The average Bonchev–Trinajstić information content (AvgIpc) is 2.37. The lowest BCUT2D eigenvalue weighted by molar-refractivity contribution is 0.451. The predicted molar refractivity (Wildman–Crippen MR) is 72.5 cm³/mol. The zero-order valence-corrected chi connectivity index (χ0v) is 11.5. The van der Waals surface area contributed by atoms with Crippen LogP contribution in [0.3, 0.4) is 0 Å². The lowest BCUT2D eigenvalue weighted by Crippen LogP contribution is -2.03. The van der Waals surface area contributed by atoms with Gasteiger partial charge in [-0.05, 0) is 26.0 Å². The Morgan fingerprint density at radius 1 is 1.26 bits per heavy atom. The highest BCUT2D eigenvalue weighted by Crippen LogP contribution is 2.28. The maximum atomic E-state index is 13.4. The Balaban J connectivity index is 2.37. The van der Waals surface area contributed by atoms with E-state index < -0.39 is 5.82 Å². The van der Waals surface area contributed by atoms with Gasteiger partial charge in [0.15, 0.2) is 0 Å². The van der Waals surface area contributed by atoms with Gasteiger partial charge in [-0.25, -0.2) is 9.37 Å². The summed E-state index contributed by atoms with van der Waals surface area (Å²) in [6.07, 6.45) is 0. The highest BCUT2D eigenvalue weighted by atomic mass is 35.5. The normalized spacial score (nSPS) is 10.4. The molecule has 100 valence electrons. The smallest absolute Gasteiger partial charge is 0.227 e. The SMILES string of the molecule is CNc1nc(C)nc(Oc2ccc(Cl)c(F)c2)c1C. The molecule has 0 saturated heterocycles. The van der Waals surface area contributed by atoms with Crippen molar-refractivity contribution >= 4 is 17.4 Å². The van der Waals surface area contributed by atoms with Gasteiger partial charge in [0.1, 0.15) is 23.2 Å². The van der Waals surface area contributed by atoms with Gasteiger partial charge in [-0.3, -0.25) is 0 Å². The maximum Gasteiger partial charge on any atom is 0.227 e. The summed E-state index contributed by atoms with van der Waals surface area (Å²) in [5.41, 5.74) is 0.753. The van der Waals surface area contributed by atoms with E-state index in [0.717, 1.165) is 5.56 Å². The first kappa shape index (κ1) is 13.5. The molecule has 0 atom stereocenters. The van der Waals surface area contributed by atoms with Crippen molar-refractivity contribution < 1.29 is 9.13 Å². The van der Waals surface area contributed by atoms with Crippen molar-refractivity contribution in [3.05, 3.63) is 40.4 Å². The van der Waals surface area contributed by atoms with E-state index in [9.17, 15) is 4.39 Å². The molecule has 1 aromatic carbocycles. The Labute approximate surface area is 115 Å². The highest BCUT2D eigenvalue weighted by molar-refractivity contribution is 6.30. The van der Waals surface area contributed by atoms with E-state index in [1.807, 2.05) is 6.92 Å². The number of rotatable bonds is 3. The van der Waals surface area contributed by atoms with E-state index in [0.29, 0.717) is 23.3 Å². The molecule has 0 spiro atoms. The predicted octanol–water partition coefficient (Wildman–Crippen LogP) is 3.72. The second-order valence-electron chi connectivity index (χ2n) is 3.98. The molecule has 0 saturated carbocycles. The van der Waals surface area contributed by atoms with Gasteiger partial charge in [0, 0.05) is 13.1 Å².